The van der Waals surface area contributed by atoms with E-state index < -0.39 is 0 Å². The number of anilines is 2. The standard InChI is InChI=1S/C7H9N5S/c1-5-10-11-7(13-5)9-6-3-8-12(2)4-6/h3-4H,1-2H3,(H,9,11). The van der Waals surface area contributed by atoms with Gasteiger partial charge in [-0.25, -0.2) is 0 Å². The van der Waals surface area contributed by atoms with E-state index >= 15 is 0 Å². The van der Waals surface area contributed by atoms with Crippen LogP contribution in [0.3, 0.4) is 0 Å². The molecular weight excluding hydrogens is 186 g/mol. The van der Waals surface area contributed by atoms with Gasteiger partial charge in [-0.15, -0.1) is 10.2 Å². The number of hydrogen-bond acceptors (Lipinski definition) is 5. The topological polar surface area (TPSA) is 55.6 Å². The van der Waals surface area contributed by atoms with Crippen molar-refractivity contribution in [1.29, 1.82) is 0 Å². The number of nitrogens with zero attached hydrogens (tertiary/aromatic N) is 4. The molecule has 2 heterocycles. The Bertz CT molecular complexity index is 366. The summed E-state index contributed by atoms with van der Waals surface area (Å²) in [5, 5.41) is 16.7. The molecule has 0 atom stereocenters. The van der Waals surface area contributed by atoms with Gasteiger partial charge < -0.3 is 5.32 Å². The first-order valence-corrected chi connectivity index (χ1v) is 4.61. The average molecular weight is 195 g/mol. The summed E-state index contributed by atoms with van der Waals surface area (Å²) in [7, 11) is 1.87. The highest BCUT2D eigenvalue weighted by Crippen LogP contribution is 2.18. The van der Waals surface area contributed by atoms with Crippen molar-refractivity contribution in [2.24, 2.45) is 7.05 Å². The van der Waals surface area contributed by atoms with Gasteiger partial charge >= 0.3 is 0 Å². The minimum Gasteiger partial charge on any atom is -0.327 e. The molecule has 5 nitrogen and oxygen atoms in total. The van der Waals surface area contributed by atoms with Crippen LogP contribution in [0.1, 0.15) is 5.01 Å². The number of aryl methyl sites for hydroxylation is 2. The van der Waals surface area contributed by atoms with E-state index in [1.54, 1.807) is 10.9 Å². The fourth-order valence-corrected chi connectivity index (χ4v) is 1.57. The number of nitrogens with one attached hydrogen (secondary N) is 1. The Morgan fingerprint density at radius 3 is 2.85 bits per heavy atom. The maximum Gasteiger partial charge on any atom is 0.210 e. The molecule has 0 aromatic carbocycles. The van der Waals surface area contributed by atoms with Gasteiger partial charge in [0.25, 0.3) is 0 Å². The SMILES string of the molecule is Cc1nnc(Nc2cnn(C)c2)s1. The Balaban J connectivity index is 2.14. The maximum atomic E-state index is 4.03. The molecule has 0 saturated heterocycles. The summed E-state index contributed by atoms with van der Waals surface area (Å²) in [4.78, 5) is 0. The highest BCUT2D eigenvalue weighted by atomic mass is 32.1. The molecule has 6 heteroatoms. The summed E-state index contributed by atoms with van der Waals surface area (Å²) >= 11 is 1.52. The molecule has 0 spiro atoms. The predicted octanol–water partition coefficient (Wildman–Crippen LogP) is 1.32. The van der Waals surface area contributed by atoms with Crippen molar-refractivity contribution in [1.82, 2.24) is 20.0 Å². The third-order valence-electron chi connectivity index (χ3n) is 1.48. The Hall–Kier alpha value is -1.43. The van der Waals surface area contributed by atoms with Crippen LogP contribution in [0.25, 0.3) is 0 Å². The van der Waals surface area contributed by atoms with Crippen LogP contribution in [-0.2, 0) is 7.05 Å². The molecule has 0 amide bonds. The Morgan fingerprint density at radius 1 is 1.46 bits per heavy atom. The summed E-state index contributed by atoms with van der Waals surface area (Å²) in [5.74, 6) is 0. The highest BCUT2D eigenvalue weighted by Gasteiger charge is 2.01. The summed E-state index contributed by atoms with van der Waals surface area (Å²) in [5.41, 5.74) is 0.929. The number of rotatable bonds is 2. The quantitative estimate of drug-likeness (QED) is 0.785. The fourth-order valence-electron chi connectivity index (χ4n) is 0.956. The van der Waals surface area contributed by atoms with Crippen LogP contribution in [0, 0.1) is 6.92 Å². The first-order valence-electron chi connectivity index (χ1n) is 3.80. The molecule has 0 unspecified atom stereocenters. The largest absolute Gasteiger partial charge is 0.327 e. The number of aromatic nitrogens is 4. The van der Waals surface area contributed by atoms with Crippen LogP contribution >= 0.6 is 11.3 Å². The van der Waals surface area contributed by atoms with Gasteiger partial charge in [0, 0.05) is 13.2 Å². The lowest BCUT2D eigenvalue weighted by atomic mass is 10.6. The van der Waals surface area contributed by atoms with Crippen molar-refractivity contribution >= 4 is 22.2 Å². The molecule has 68 valence electrons. The zero-order valence-corrected chi connectivity index (χ0v) is 8.17. The van der Waals surface area contributed by atoms with E-state index in [-0.39, 0.29) is 0 Å². The lowest BCUT2D eigenvalue weighted by molar-refractivity contribution is 0.768. The van der Waals surface area contributed by atoms with Crippen LogP contribution in [0.5, 0.6) is 0 Å². The van der Waals surface area contributed by atoms with Gasteiger partial charge in [-0.2, -0.15) is 5.10 Å². The van der Waals surface area contributed by atoms with E-state index in [0.717, 1.165) is 15.8 Å². The van der Waals surface area contributed by atoms with Crippen molar-refractivity contribution in [3.8, 4) is 0 Å². The van der Waals surface area contributed by atoms with Gasteiger partial charge in [-0.3, -0.25) is 4.68 Å². The molecule has 0 aliphatic heterocycles. The predicted molar refractivity (Wildman–Crippen MR) is 51.1 cm³/mol. The van der Waals surface area contributed by atoms with Crippen molar-refractivity contribution in [2.75, 3.05) is 5.32 Å². The monoisotopic (exact) mass is 195 g/mol. The van der Waals surface area contributed by atoms with Crippen LogP contribution in [0.15, 0.2) is 12.4 Å². The summed E-state index contributed by atoms with van der Waals surface area (Å²) in [6, 6.07) is 0. The summed E-state index contributed by atoms with van der Waals surface area (Å²) in [6.07, 6.45) is 3.63. The Kier molecular flexibility index (Phi) is 1.97. The second-order valence-electron chi connectivity index (χ2n) is 2.65. The Morgan fingerprint density at radius 2 is 2.31 bits per heavy atom. The third kappa shape index (κ3) is 1.83. The maximum absolute atomic E-state index is 4.03. The first-order chi connectivity index (χ1) is 6.24. The molecule has 0 aliphatic rings. The van der Waals surface area contributed by atoms with Gasteiger partial charge in [0.15, 0.2) is 0 Å². The molecule has 0 aliphatic carbocycles. The zero-order chi connectivity index (χ0) is 9.26. The molecule has 0 saturated carbocycles. The lowest BCUT2D eigenvalue weighted by Crippen LogP contribution is -1.87. The normalized spacial score (nSPS) is 10.3. The van der Waals surface area contributed by atoms with Crippen molar-refractivity contribution in [2.45, 2.75) is 6.92 Å². The van der Waals surface area contributed by atoms with Gasteiger partial charge in [-0.05, 0) is 6.92 Å². The minimum absolute atomic E-state index is 0.797. The van der Waals surface area contributed by atoms with E-state index in [9.17, 15) is 0 Å². The van der Waals surface area contributed by atoms with Gasteiger partial charge in [0.2, 0.25) is 5.13 Å². The molecule has 2 aromatic heterocycles. The van der Waals surface area contributed by atoms with Crippen LogP contribution in [0.2, 0.25) is 0 Å². The second-order valence-corrected chi connectivity index (χ2v) is 3.84. The van der Waals surface area contributed by atoms with Gasteiger partial charge in [-0.1, -0.05) is 11.3 Å². The third-order valence-corrected chi connectivity index (χ3v) is 2.24. The number of hydrogen-bond donors (Lipinski definition) is 1. The fraction of sp³-hybridized carbons (Fsp3) is 0.286. The zero-order valence-electron chi connectivity index (χ0n) is 7.35. The molecular formula is C7H9N5S. The van der Waals surface area contributed by atoms with Gasteiger partial charge in [0.1, 0.15) is 5.01 Å². The minimum atomic E-state index is 0.797. The first kappa shape index (κ1) is 8.18. The van der Waals surface area contributed by atoms with Crippen LogP contribution in [0.4, 0.5) is 10.8 Å². The molecule has 13 heavy (non-hydrogen) atoms. The van der Waals surface area contributed by atoms with Gasteiger partial charge in [0.05, 0.1) is 11.9 Å². The molecule has 2 aromatic rings. The average Bonchev–Trinajstić information content (AvgIpc) is 2.62. The Labute approximate surface area is 79.4 Å². The molecule has 2 rings (SSSR count). The smallest absolute Gasteiger partial charge is 0.210 e. The second kappa shape index (κ2) is 3.14. The van der Waals surface area contributed by atoms with E-state index in [1.165, 1.54) is 11.3 Å². The lowest BCUT2D eigenvalue weighted by Gasteiger charge is -1.93. The van der Waals surface area contributed by atoms with Crippen molar-refractivity contribution < 1.29 is 0 Å². The molecule has 1 N–H and O–H groups in total. The molecule has 0 radical (unpaired) electrons. The highest BCUT2D eigenvalue weighted by molar-refractivity contribution is 7.15. The van der Waals surface area contributed by atoms with Crippen molar-refractivity contribution in [3.63, 3.8) is 0 Å². The van der Waals surface area contributed by atoms with Crippen molar-refractivity contribution in [3.05, 3.63) is 17.4 Å². The van der Waals surface area contributed by atoms with E-state index in [4.69, 9.17) is 0 Å². The van der Waals surface area contributed by atoms with E-state index in [2.05, 4.69) is 20.6 Å². The van der Waals surface area contributed by atoms with E-state index in [0.29, 0.717) is 0 Å². The van der Waals surface area contributed by atoms with Crippen LogP contribution < -0.4 is 5.32 Å². The molecule has 0 bridgehead atoms. The van der Waals surface area contributed by atoms with E-state index in [1.807, 2.05) is 20.2 Å². The van der Waals surface area contributed by atoms with Crippen LogP contribution in [-0.4, -0.2) is 20.0 Å². The summed E-state index contributed by atoms with van der Waals surface area (Å²) < 4.78 is 1.73. The molecule has 0 fully saturated rings. The summed E-state index contributed by atoms with van der Waals surface area (Å²) in [6.45, 7) is 1.92.